The van der Waals surface area contributed by atoms with Crippen LogP contribution in [0, 0.1) is 11.8 Å². The van der Waals surface area contributed by atoms with Crippen molar-refractivity contribution < 1.29 is 23.4 Å². The molecule has 1 aliphatic heterocycles. The van der Waals surface area contributed by atoms with Gasteiger partial charge in [0.05, 0.1) is 18.3 Å². The molecule has 0 amide bonds. The predicted molar refractivity (Wildman–Crippen MR) is 165 cm³/mol. The van der Waals surface area contributed by atoms with Crippen LogP contribution in [0.3, 0.4) is 0 Å². The van der Waals surface area contributed by atoms with Crippen LogP contribution in [0.25, 0.3) is 0 Å². The van der Waals surface area contributed by atoms with Gasteiger partial charge in [-0.15, -0.1) is 11.3 Å². The Kier molecular flexibility index (Phi) is 9.16. The SMILES string of the molecule is CO[C@@H]1C[C@@H]2O[C@@H](c3nc(C(=O)OC(C)C)cs3)CC[C@@H]2[C@H]1CO[Si](c1ccccc1)(c1ccccc1)C(C)(C)C. The average Bonchev–Trinajstić information content (AvgIpc) is 3.58. The Morgan fingerprint density at radius 2 is 1.68 bits per heavy atom. The van der Waals surface area contributed by atoms with E-state index in [1.54, 1.807) is 5.38 Å². The summed E-state index contributed by atoms with van der Waals surface area (Å²) >= 11 is 1.48. The van der Waals surface area contributed by atoms with Crippen LogP contribution < -0.4 is 10.4 Å². The molecule has 1 saturated heterocycles. The van der Waals surface area contributed by atoms with Crippen LogP contribution >= 0.6 is 11.3 Å². The Balaban J connectivity index is 1.36. The maximum atomic E-state index is 12.3. The minimum absolute atomic E-state index is 0.0647. The van der Waals surface area contributed by atoms with Crippen molar-refractivity contribution in [2.45, 2.75) is 83.3 Å². The second-order valence-corrected chi connectivity index (χ2v) is 17.8. The molecule has 8 heteroatoms. The molecular weight excluding hydrogens is 551 g/mol. The van der Waals surface area contributed by atoms with Crippen LogP contribution in [0.1, 0.15) is 75.5 Å². The molecule has 3 aromatic rings. The molecule has 1 saturated carbocycles. The number of methoxy groups -OCH3 is 1. The number of carbonyl (C=O) groups excluding carboxylic acids is 1. The summed E-state index contributed by atoms with van der Waals surface area (Å²) in [7, 11) is -0.842. The lowest BCUT2D eigenvalue weighted by molar-refractivity contribution is -0.0814. The number of fused-ring (bicyclic) bond motifs is 1. The number of benzene rings is 2. The van der Waals surface area contributed by atoms with Gasteiger partial charge in [0.25, 0.3) is 8.32 Å². The first kappa shape index (κ1) is 30.1. The first-order valence-electron chi connectivity index (χ1n) is 14.7. The van der Waals surface area contributed by atoms with Crippen molar-refractivity contribution >= 4 is 36.0 Å². The number of carbonyl (C=O) groups is 1. The molecule has 0 unspecified atom stereocenters. The number of thiazole rings is 1. The van der Waals surface area contributed by atoms with Crippen LogP contribution in [-0.2, 0) is 18.6 Å². The second kappa shape index (κ2) is 12.5. The molecule has 41 heavy (non-hydrogen) atoms. The molecule has 0 N–H and O–H groups in total. The molecule has 0 radical (unpaired) electrons. The van der Waals surface area contributed by atoms with E-state index in [2.05, 4.69) is 86.4 Å². The third-order valence-corrected chi connectivity index (χ3v) is 14.6. The van der Waals surface area contributed by atoms with Gasteiger partial charge in [-0.3, -0.25) is 0 Å². The lowest BCUT2D eigenvalue weighted by Gasteiger charge is -2.44. The maximum absolute atomic E-state index is 12.3. The van der Waals surface area contributed by atoms with E-state index in [1.165, 1.54) is 21.7 Å². The molecule has 5 rings (SSSR count). The summed E-state index contributed by atoms with van der Waals surface area (Å²) in [6.45, 7) is 11.3. The molecule has 0 bridgehead atoms. The Morgan fingerprint density at radius 3 is 2.24 bits per heavy atom. The molecular formula is C33H43NO5SSi. The first-order chi connectivity index (χ1) is 19.6. The van der Waals surface area contributed by atoms with Gasteiger partial charge in [-0.2, -0.15) is 0 Å². The molecule has 220 valence electrons. The minimum Gasteiger partial charge on any atom is -0.458 e. The summed E-state index contributed by atoms with van der Waals surface area (Å²) in [5, 5.41) is 5.13. The topological polar surface area (TPSA) is 66.9 Å². The van der Waals surface area contributed by atoms with E-state index in [0.29, 0.717) is 18.2 Å². The molecule has 2 aromatic carbocycles. The molecule has 2 fully saturated rings. The van der Waals surface area contributed by atoms with E-state index in [-0.39, 0.29) is 41.3 Å². The maximum Gasteiger partial charge on any atom is 0.358 e. The zero-order valence-electron chi connectivity index (χ0n) is 25.0. The standard InChI is InChI=1S/C33H43NO5SSi/c1-22(2)38-32(35)27-21-40-31(34-27)28-18-17-25-26(29(36-6)19-30(25)39-28)20-37-41(33(3,4)5,23-13-9-7-10-14-23)24-15-11-8-12-16-24/h7-16,21-22,25-26,28-30H,17-20H2,1-6H3/t25-,26-,28-,29-,30+/m1/s1. The lowest BCUT2D eigenvalue weighted by atomic mass is 9.87. The lowest BCUT2D eigenvalue weighted by Crippen LogP contribution is -2.67. The highest BCUT2D eigenvalue weighted by Gasteiger charge is 2.53. The molecule has 1 aromatic heterocycles. The highest BCUT2D eigenvalue weighted by atomic mass is 32.1. The third-order valence-electron chi connectivity index (χ3n) is 8.63. The third kappa shape index (κ3) is 6.08. The van der Waals surface area contributed by atoms with E-state index < -0.39 is 8.32 Å². The van der Waals surface area contributed by atoms with Crippen molar-refractivity contribution in [3.8, 4) is 0 Å². The van der Waals surface area contributed by atoms with Crippen LogP contribution in [0.15, 0.2) is 66.0 Å². The van der Waals surface area contributed by atoms with Gasteiger partial charge in [0, 0.05) is 31.4 Å². The number of hydrogen-bond acceptors (Lipinski definition) is 7. The number of esters is 1. The van der Waals surface area contributed by atoms with Crippen LogP contribution in [0.5, 0.6) is 0 Å². The van der Waals surface area contributed by atoms with E-state index in [9.17, 15) is 4.79 Å². The molecule has 0 spiro atoms. The smallest absolute Gasteiger partial charge is 0.358 e. The van der Waals surface area contributed by atoms with Crippen molar-refractivity contribution in [2.75, 3.05) is 13.7 Å². The average molecular weight is 594 g/mol. The summed E-state index contributed by atoms with van der Waals surface area (Å²) in [6.07, 6.45) is 2.55. The number of hydrogen-bond donors (Lipinski definition) is 0. The van der Waals surface area contributed by atoms with Gasteiger partial charge in [-0.25, -0.2) is 9.78 Å². The molecule has 5 atom stereocenters. The number of rotatable bonds is 9. The normalized spacial score (nSPS) is 24.8. The summed E-state index contributed by atoms with van der Waals surface area (Å²) < 4.78 is 25.4. The summed E-state index contributed by atoms with van der Waals surface area (Å²) in [5.74, 6) is 0.206. The van der Waals surface area contributed by atoms with Gasteiger partial charge in [-0.1, -0.05) is 81.4 Å². The Bertz CT molecular complexity index is 1250. The van der Waals surface area contributed by atoms with E-state index >= 15 is 0 Å². The second-order valence-electron chi connectivity index (χ2n) is 12.6. The number of nitrogens with zero attached hydrogens (tertiary/aromatic N) is 1. The van der Waals surface area contributed by atoms with Crippen molar-refractivity contribution in [3.63, 3.8) is 0 Å². The van der Waals surface area contributed by atoms with Crippen molar-refractivity contribution in [3.05, 3.63) is 76.7 Å². The zero-order valence-corrected chi connectivity index (χ0v) is 26.9. The Labute approximate surface area is 249 Å². The summed E-state index contributed by atoms with van der Waals surface area (Å²) in [4.78, 5) is 16.9. The molecule has 2 aliphatic rings. The summed E-state index contributed by atoms with van der Waals surface area (Å²) in [6, 6.07) is 21.6. The Morgan fingerprint density at radius 1 is 1.05 bits per heavy atom. The van der Waals surface area contributed by atoms with Gasteiger partial charge >= 0.3 is 5.97 Å². The fourth-order valence-corrected chi connectivity index (χ4v) is 12.2. The van der Waals surface area contributed by atoms with Crippen LogP contribution in [0.4, 0.5) is 0 Å². The van der Waals surface area contributed by atoms with Crippen LogP contribution in [0.2, 0.25) is 5.04 Å². The number of aromatic nitrogens is 1. The minimum atomic E-state index is -2.65. The summed E-state index contributed by atoms with van der Waals surface area (Å²) in [5.41, 5.74) is 0.363. The quantitative estimate of drug-likeness (QED) is 0.219. The van der Waals surface area contributed by atoms with Gasteiger partial charge in [0.15, 0.2) is 5.69 Å². The fraction of sp³-hybridized carbons (Fsp3) is 0.515. The highest BCUT2D eigenvalue weighted by molar-refractivity contribution is 7.09. The fourth-order valence-electron chi connectivity index (χ4n) is 6.78. The zero-order chi connectivity index (χ0) is 29.2. The first-order valence-corrected chi connectivity index (χ1v) is 17.5. The molecule has 1 aliphatic carbocycles. The molecule has 6 nitrogen and oxygen atoms in total. The highest BCUT2D eigenvalue weighted by Crippen LogP contribution is 2.48. The largest absolute Gasteiger partial charge is 0.458 e. The number of ether oxygens (including phenoxy) is 3. The van der Waals surface area contributed by atoms with E-state index in [1.807, 2.05) is 21.0 Å². The van der Waals surface area contributed by atoms with Gasteiger partial charge < -0.3 is 18.6 Å². The van der Waals surface area contributed by atoms with Gasteiger partial charge in [-0.05, 0) is 48.0 Å². The predicted octanol–water partition coefficient (Wildman–Crippen LogP) is 6.16. The van der Waals surface area contributed by atoms with Crippen molar-refractivity contribution in [1.29, 1.82) is 0 Å². The van der Waals surface area contributed by atoms with Gasteiger partial charge in [0.2, 0.25) is 0 Å². The Hall–Kier alpha value is -2.36. The monoisotopic (exact) mass is 593 g/mol. The van der Waals surface area contributed by atoms with E-state index in [0.717, 1.165) is 24.3 Å². The van der Waals surface area contributed by atoms with Gasteiger partial charge in [0.1, 0.15) is 11.1 Å². The van der Waals surface area contributed by atoms with E-state index in [4.69, 9.17) is 18.6 Å². The van der Waals surface area contributed by atoms with Crippen molar-refractivity contribution in [2.24, 2.45) is 11.8 Å². The molecule has 2 heterocycles. The van der Waals surface area contributed by atoms with Crippen molar-refractivity contribution in [1.82, 2.24) is 4.98 Å². The van der Waals surface area contributed by atoms with Crippen LogP contribution in [-0.4, -0.2) is 51.3 Å².